The molecule has 1 atom stereocenters. The highest BCUT2D eigenvalue weighted by Crippen LogP contribution is 2.34. The topological polar surface area (TPSA) is 106 Å². The van der Waals surface area contributed by atoms with E-state index in [-0.39, 0.29) is 11.4 Å². The number of hydrogen-bond acceptors (Lipinski definition) is 5. The molecule has 2 aromatic carbocycles. The molecule has 1 fully saturated rings. The fraction of sp³-hybridized carbons (Fsp3) is 0.217. The molecule has 0 spiro atoms. The molecule has 0 saturated carbocycles. The van der Waals surface area contributed by atoms with Crippen molar-refractivity contribution in [2.75, 3.05) is 19.0 Å². The lowest BCUT2D eigenvalue weighted by atomic mass is 9.92. The van der Waals surface area contributed by atoms with E-state index in [4.69, 9.17) is 4.74 Å². The van der Waals surface area contributed by atoms with Gasteiger partial charge in [-0.05, 0) is 48.9 Å². The number of halogens is 3. The second-order valence-corrected chi connectivity index (χ2v) is 7.90. The predicted molar refractivity (Wildman–Crippen MR) is 118 cm³/mol. The lowest BCUT2D eigenvalue weighted by molar-refractivity contribution is -0.137. The van der Waals surface area contributed by atoms with Crippen molar-refractivity contribution in [2.24, 2.45) is 0 Å². The summed E-state index contributed by atoms with van der Waals surface area (Å²) < 4.78 is 46.1. The Hall–Kier alpha value is -4.35. The molecule has 1 saturated heterocycles. The molecule has 3 aromatic rings. The molecule has 2 N–H and O–H groups in total. The number of imide groups is 1. The number of anilines is 1. The number of carbonyl (C=O) groups excluding carboxylic acids is 3. The van der Waals surface area contributed by atoms with E-state index >= 15 is 0 Å². The smallest absolute Gasteiger partial charge is 0.416 e. The molecule has 9 nitrogen and oxygen atoms in total. The lowest BCUT2D eigenvalue weighted by Gasteiger charge is -2.22. The van der Waals surface area contributed by atoms with Gasteiger partial charge < -0.3 is 15.4 Å². The van der Waals surface area contributed by atoms with Gasteiger partial charge in [0.25, 0.3) is 5.91 Å². The van der Waals surface area contributed by atoms with Crippen LogP contribution in [0.1, 0.15) is 18.1 Å². The summed E-state index contributed by atoms with van der Waals surface area (Å²) in [5, 5.41) is 8.93. The molecule has 4 amide bonds. The van der Waals surface area contributed by atoms with Crippen LogP contribution in [0.3, 0.4) is 0 Å². The number of amides is 4. The van der Waals surface area contributed by atoms with Gasteiger partial charge in [0.05, 0.1) is 24.0 Å². The van der Waals surface area contributed by atoms with E-state index < -0.39 is 41.7 Å². The number of nitrogens with zero attached hydrogens (tertiary/aromatic N) is 3. The van der Waals surface area contributed by atoms with Crippen LogP contribution in [-0.2, 0) is 21.3 Å². The van der Waals surface area contributed by atoms with Gasteiger partial charge in [0.1, 0.15) is 17.8 Å². The lowest BCUT2D eigenvalue weighted by Crippen LogP contribution is -2.42. The van der Waals surface area contributed by atoms with E-state index in [1.807, 2.05) is 0 Å². The Morgan fingerprint density at radius 2 is 1.89 bits per heavy atom. The van der Waals surface area contributed by atoms with Gasteiger partial charge in [0, 0.05) is 12.4 Å². The number of methoxy groups -OCH3 is 1. The third kappa shape index (κ3) is 4.54. The van der Waals surface area contributed by atoms with Gasteiger partial charge in [0.15, 0.2) is 0 Å². The first-order valence-corrected chi connectivity index (χ1v) is 10.3. The maximum absolute atomic E-state index is 13.3. The third-order valence-electron chi connectivity index (χ3n) is 5.59. The molecule has 0 radical (unpaired) electrons. The average molecular weight is 487 g/mol. The minimum atomic E-state index is -4.65. The Morgan fingerprint density at radius 3 is 2.49 bits per heavy atom. The first-order chi connectivity index (χ1) is 16.5. The van der Waals surface area contributed by atoms with Crippen molar-refractivity contribution in [2.45, 2.75) is 18.6 Å². The molecule has 35 heavy (non-hydrogen) atoms. The second kappa shape index (κ2) is 8.78. The number of ether oxygens (including phenoxy) is 1. The van der Waals surface area contributed by atoms with Crippen molar-refractivity contribution in [1.29, 1.82) is 0 Å². The van der Waals surface area contributed by atoms with Crippen molar-refractivity contribution < 1.29 is 32.3 Å². The summed E-state index contributed by atoms with van der Waals surface area (Å²) in [6, 6.07) is 10.0. The van der Waals surface area contributed by atoms with E-state index in [0.717, 1.165) is 12.1 Å². The van der Waals surface area contributed by atoms with Crippen molar-refractivity contribution in [3.8, 4) is 11.4 Å². The highest BCUT2D eigenvalue weighted by molar-refractivity contribution is 6.10. The van der Waals surface area contributed by atoms with Crippen LogP contribution in [0.25, 0.3) is 5.69 Å². The molecule has 2 heterocycles. The number of benzene rings is 2. The molecular formula is C23H20F3N5O4. The zero-order valence-corrected chi connectivity index (χ0v) is 18.6. The summed E-state index contributed by atoms with van der Waals surface area (Å²) in [4.78, 5) is 39.1. The van der Waals surface area contributed by atoms with Crippen LogP contribution in [0.2, 0.25) is 0 Å². The van der Waals surface area contributed by atoms with Crippen LogP contribution in [0, 0.1) is 0 Å². The molecule has 1 aliphatic heterocycles. The Kier molecular flexibility index (Phi) is 5.97. The molecule has 1 aromatic heterocycles. The van der Waals surface area contributed by atoms with Crippen LogP contribution >= 0.6 is 0 Å². The standard InChI is InChI=1S/C23H20F3N5O4/c1-22(14-4-7-16(35-2)8-5-14)20(33)30(21(34)29-22)13-19(32)28-17-12-15(23(24,25)26)6-9-18(17)31-11-3-10-27-31/h3-12H,13H2,1-2H3,(H,28,32)(H,29,34). The highest BCUT2D eigenvalue weighted by Gasteiger charge is 2.49. The Balaban J connectivity index is 1.56. The number of alkyl halides is 3. The van der Waals surface area contributed by atoms with Gasteiger partial charge in [-0.2, -0.15) is 18.3 Å². The monoisotopic (exact) mass is 487 g/mol. The molecule has 12 heteroatoms. The number of aromatic nitrogens is 2. The van der Waals surface area contributed by atoms with E-state index in [9.17, 15) is 27.6 Å². The van der Waals surface area contributed by atoms with Gasteiger partial charge >= 0.3 is 12.2 Å². The zero-order chi connectivity index (χ0) is 25.4. The van der Waals surface area contributed by atoms with Crippen molar-refractivity contribution in [1.82, 2.24) is 20.0 Å². The van der Waals surface area contributed by atoms with Crippen LogP contribution in [0.4, 0.5) is 23.7 Å². The number of urea groups is 1. The Labute approximate surface area is 197 Å². The molecule has 4 rings (SSSR count). The average Bonchev–Trinajstić information content (AvgIpc) is 3.42. The van der Waals surface area contributed by atoms with Crippen molar-refractivity contribution >= 4 is 23.5 Å². The van der Waals surface area contributed by atoms with Crippen molar-refractivity contribution in [3.05, 3.63) is 72.1 Å². The largest absolute Gasteiger partial charge is 0.497 e. The van der Waals surface area contributed by atoms with E-state index in [2.05, 4.69) is 15.7 Å². The third-order valence-corrected chi connectivity index (χ3v) is 5.59. The summed E-state index contributed by atoms with van der Waals surface area (Å²) in [5.41, 5.74) is -1.95. The Bertz CT molecular complexity index is 1280. The van der Waals surface area contributed by atoms with Gasteiger partial charge in [-0.1, -0.05) is 12.1 Å². The van der Waals surface area contributed by atoms with Crippen LogP contribution in [0.15, 0.2) is 60.9 Å². The molecular weight excluding hydrogens is 467 g/mol. The summed E-state index contributed by atoms with van der Waals surface area (Å²) in [6.07, 6.45) is -1.72. The normalized spacial score (nSPS) is 17.9. The number of nitrogens with one attached hydrogen (secondary N) is 2. The Morgan fingerprint density at radius 1 is 1.17 bits per heavy atom. The maximum Gasteiger partial charge on any atom is 0.416 e. The fourth-order valence-corrected chi connectivity index (χ4v) is 3.72. The minimum absolute atomic E-state index is 0.177. The molecule has 182 valence electrons. The number of hydrogen-bond donors (Lipinski definition) is 2. The van der Waals surface area contributed by atoms with Gasteiger partial charge in [-0.15, -0.1) is 0 Å². The summed E-state index contributed by atoms with van der Waals surface area (Å²) in [5.74, 6) is -0.987. The fourth-order valence-electron chi connectivity index (χ4n) is 3.72. The molecule has 1 aliphatic rings. The minimum Gasteiger partial charge on any atom is -0.497 e. The summed E-state index contributed by atoms with van der Waals surface area (Å²) in [6.45, 7) is 0.792. The number of carbonyl (C=O) groups is 3. The van der Waals surface area contributed by atoms with E-state index in [1.54, 1.807) is 30.3 Å². The summed E-state index contributed by atoms with van der Waals surface area (Å²) in [7, 11) is 1.49. The molecule has 0 bridgehead atoms. The van der Waals surface area contributed by atoms with Gasteiger partial charge in [-0.3, -0.25) is 14.5 Å². The van der Waals surface area contributed by atoms with Crippen LogP contribution < -0.4 is 15.4 Å². The van der Waals surface area contributed by atoms with Crippen LogP contribution in [-0.4, -0.2) is 46.2 Å². The molecule has 0 aliphatic carbocycles. The van der Waals surface area contributed by atoms with E-state index in [1.165, 1.54) is 37.2 Å². The second-order valence-electron chi connectivity index (χ2n) is 7.90. The molecule has 1 unspecified atom stereocenters. The van der Waals surface area contributed by atoms with Gasteiger partial charge in [-0.25, -0.2) is 9.48 Å². The summed E-state index contributed by atoms with van der Waals surface area (Å²) >= 11 is 0. The highest BCUT2D eigenvalue weighted by atomic mass is 19.4. The van der Waals surface area contributed by atoms with Crippen LogP contribution in [0.5, 0.6) is 5.75 Å². The first-order valence-electron chi connectivity index (χ1n) is 10.3. The first kappa shape index (κ1) is 23.8. The van der Waals surface area contributed by atoms with Crippen molar-refractivity contribution in [3.63, 3.8) is 0 Å². The number of rotatable bonds is 6. The zero-order valence-electron chi connectivity index (χ0n) is 18.6. The maximum atomic E-state index is 13.3. The predicted octanol–water partition coefficient (Wildman–Crippen LogP) is 3.31. The SMILES string of the molecule is COc1ccc(C2(C)NC(=O)N(CC(=O)Nc3cc(C(F)(F)F)ccc3-n3cccn3)C2=O)cc1. The van der Waals surface area contributed by atoms with E-state index in [0.29, 0.717) is 16.2 Å². The van der Waals surface area contributed by atoms with Gasteiger partial charge in [0.2, 0.25) is 5.91 Å². The quantitative estimate of drug-likeness (QED) is 0.519.